The summed E-state index contributed by atoms with van der Waals surface area (Å²) in [5, 5.41) is 3.34. The second kappa shape index (κ2) is 8.08. The molecule has 0 spiro atoms. The average Bonchev–Trinajstić information content (AvgIpc) is 2.59. The Labute approximate surface area is 154 Å². The molecule has 0 bridgehead atoms. The number of carbonyl (C=O) groups is 1. The maximum atomic E-state index is 12.2. The summed E-state index contributed by atoms with van der Waals surface area (Å²) in [6.45, 7) is 9.84. The van der Waals surface area contributed by atoms with Gasteiger partial charge in [0.2, 0.25) is 5.88 Å². The van der Waals surface area contributed by atoms with Crippen LogP contribution in [0.25, 0.3) is 0 Å². The molecule has 6 heteroatoms. The van der Waals surface area contributed by atoms with Crippen molar-refractivity contribution >= 4 is 11.6 Å². The molecule has 0 saturated carbocycles. The fraction of sp³-hybridized carbons (Fsp3) is 0.400. The number of aryl methyl sites for hydroxylation is 3. The van der Waals surface area contributed by atoms with Gasteiger partial charge in [-0.1, -0.05) is 6.92 Å². The molecule has 1 unspecified atom stereocenters. The highest BCUT2D eigenvalue weighted by molar-refractivity contribution is 6.01. The minimum Gasteiger partial charge on any atom is -0.497 e. The number of ether oxygens (including phenoxy) is 2. The SMILES string of the molecule is CCC(C)Nc1c(C)cnc(Oc2c(C)cc(OC)cc2C)c1C(N)=O. The molecular weight excluding hydrogens is 330 g/mol. The number of carbonyl (C=O) groups excluding carboxylic acids is 1. The zero-order valence-corrected chi connectivity index (χ0v) is 16.3. The largest absolute Gasteiger partial charge is 0.497 e. The second-order valence-corrected chi connectivity index (χ2v) is 6.51. The fourth-order valence-corrected chi connectivity index (χ4v) is 2.72. The maximum absolute atomic E-state index is 12.2. The molecule has 1 aromatic heterocycles. The van der Waals surface area contributed by atoms with Crippen LogP contribution < -0.4 is 20.5 Å². The van der Waals surface area contributed by atoms with Crippen LogP contribution in [0.1, 0.15) is 47.3 Å². The van der Waals surface area contributed by atoms with Gasteiger partial charge in [0.05, 0.1) is 12.8 Å². The van der Waals surface area contributed by atoms with E-state index in [1.807, 2.05) is 39.8 Å². The van der Waals surface area contributed by atoms with Gasteiger partial charge in [0.25, 0.3) is 5.91 Å². The highest BCUT2D eigenvalue weighted by Gasteiger charge is 2.22. The normalized spacial score (nSPS) is 11.8. The zero-order chi connectivity index (χ0) is 19.4. The first-order valence-electron chi connectivity index (χ1n) is 8.67. The molecule has 3 N–H and O–H groups in total. The first-order valence-corrected chi connectivity index (χ1v) is 8.67. The molecule has 2 aromatic rings. The zero-order valence-electron chi connectivity index (χ0n) is 16.3. The van der Waals surface area contributed by atoms with Gasteiger partial charge in [-0.25, -0.2) is 4.98 Å². The number of nitrogens with one attached hydrogen (secondary N) is 1. The van der Waals surface area contributed by atoms with Crippen molar-refractivity contribution in [2.75, 3.05) is 12.4 Å². The summed E-state index contributed by atoms with van der Waals surface area (Å²) in [6.07, 6.45) is 2.59. The predicted molar refractivity (Wildman–Crippen MR) is 103 cm³/mol. The molecule has 2 rings (SSSR count). The molecule has 26 heavy (non-hydrogen) atoms. The van der Waals surface area contributed by atoms with Gasteiger partial charge < -0.3 is 20.5 Å². The van der Waals surface area contributed by atoms with Gasteiger partial charge in [0, 0.05) is 12.2 Å². The monoisotopic (exact) mass is 357 g/mol. The number of hydrogen-bond donors (Lipinski definition) is 2. The third-order valence-corrected chi connectivity index (χ3v) is 4.35. The molecule has 0 aliphatic heterocycles. The van der Waals surface area contributed by atoms with Gasteiger partial charge in [0.15, 0.2) is 0 Å². The molecule has 0 radical (unpaired) electrons. The molecular formula is C20H27N3O3. The minimum atomic E-state index is -0.578. The summed E-state index contributed by atoms with van der Waals surface area (Å²) in [5.74, 6) is 1.01. The van der Waals surface area contributed by atoms with E-state index in [2.05, 4.69) is 17.2 Å². The van der Waals surface area contributed by atoms with E-state index < -0.39 is 5.91 Å². The topological polar surface area (TPSA) is 86.5 Å². The molecule has 1 heterocycles. The molecule has 0 aliphatic carbocycles. The van der Waals surface area contributed by atoms with Crippen molar-refractivity contribution in [3.63, 3.8) is 0 Å². The summed E-state index contributed by atoms with van der Waals surface area (Å²) in [7, 11) is 1.62. The van der Waals surface area contributed by atoms with E-state index in [4.69, 9.17) is 15.2 Å². The molecule has 1 amide bonds. The van der Waals surface area contributed by atoms with Crippen molar-refractivity contribution in [1.82, 2.24) is 4.98 Å². The highest BCUT2D eigenvalue weighted by atomic mass is 16.5. The number of anilines is 1. The number of rotatable bonds is 7. The standard InChI is InChI=1S/C20H27N3O3/c1-7-14(5)23-17-13(4)10-22-20(16(17)19(21)24)26-18-11(2)8-15(25-6)9-12(18)3/h8-10,14H,7H2,1-6H3,(H2,21,24)(H,22,23). The second-order valence-electron chi connectivity index (χ2n) is 6.51. The Bertz CT molecular complexity index is 795. The maximum Gasteiger partial charge on any atom is 0.256 e. The number of benzene rings is 1. The fourth-order valence-electron chi connectivity index (χ4n) is 2.72. The first-order chi connectivity index (χ1) is 12.3. The van der Waals surface area contributed by atoms with Crippen LogP contribution in [0.5, 0.6) is 17.4 Å². The molecule has 1 aromatic carbocycles. The lowest BCUT2D eigenvalue weighted by Gasteiger charge is -2.20. The molecule has 0 fully saturated rings. The van der Waals surface area contributed by atoms with E-state index >= 15 is 0 Å². The van der Waals surface area contributed by atoms with E-state index in [9.17, 15) is 4.79 Å². The summed E-state index contributed by atoms with van der Waals surface area (Å²) < 4.78 is 11.3. The van der Waals surface area contributed by atoms with E-state index in [-0.39, 0.29) is 17.5 Å². The van der Waals surface area contributed by atoms with Gasteiger partial charge in [-0.2, -0.15) is 0 Å². The number of nitrogens with zero attached hydrogens (tertiary/aromatic N) is 1. The quantitative estimate of drug-likeness (QED) is 0.778. The van der Waals surface area contributed by atoms with Gasteiger partial charge in [-0.15, -0.1) is 0 Å². The van der Waals surface area contributed by atoms with Crippen molar-refractivity contribution in [3.05, 3.63) is 40.6 Å². The minimum absolute atomic E-state index is 0.187. The molecule has 1 atom stereocenters. The Morgan fingerprint density at radius 2 is 1.85 bits per heavy atom. The smallest absolute Gasteiger partial charge is 0.256 e. The first kappa shape index (κ1) is 19.6. The van der Waals surface area contributed by atoms with Gasteiger partial charge in [-0.05, 0) is 62.9 Å². The number of methoxy groups -OCH3 is 1. The van der Waals surface area contributed by atoms with Crippen molar-refractivity contribution < 1.29 is 14.3 Å². The van der Waals surface area contributed by atoms with E-state index in [0.29, 0.717) is 11.4 Å². The van der Waals surface area contributed by atoms with E-state index in [1.54, 1.807) is 13.3 Å². The number of hydrogen-bond acceptors (Lipinski definition) is 5. The number of pyridine rings is 1. The van der Waals surface area contributed by atoms with Crippen molar-refractivity contribution in [3.8, 4) is 17.4 Å². The van der Waals surface area contributed by atoms with Crippen LogP contribution in [0, 0.1) is 20.8 Å². The number of aromatic nitrogens is 1. The van der Waals surface area contributed by atoms with Gasteiger partial charge in [-0.3, -0.25) is 4.79 Å². The third-order valence-electron chi connectivity index (χ3n) is 4.35. The molecule has 0 saturated heterocycles. The van der Waals surface area contributed by atoms with Crippen molar-refractivity contribution in [2.24, 2.45) is 5.73 Å². The average molecular weight is 357 g/mol. The van der Waals surface area contributed by atoms with E-state index in [1.165, 1.54) is 0 Å². The Balaban J connectivity index is 2.54. The van der Waals surface area contributed by atoms with Crippen molar-refractivity contribution in [2.45, 2.75) is 47.1 Å². The molecule has 140 valence electrons. The van der Waals surface area contributed by atoms with Crippen LogP contribution in [0.3, 0.4) is 0 Å². The Hall–Kier alpha value is -2.76. The molecule has 0 aliphatic rings. The van der Waals surface area contributed by atoms with Gasteiger partial charge >= 0.3 is 0 Å². The third kappa shape index (κ3) is 4.07. The van der Waals surface area contributed by atoms with Crippen LogP contribution in [0.15, 0.2) is 18.3 Å². The summed E-state index contributed by atoms with van der Waals surface area (Å²) in [4.78, 5) is 16.5. The number of amides is 1. The number of primary amides is 1. The summed E-state index contributed by atoms with van der Waals surface area (Å²) in [5.41, 5.74) is 9.20. The van der Waals surface area contributed by atoms with Crippen LogP contribution >= 0.6 is 0 Å². The van der Waals surface area contributed by atoms with Crippen LogP contribution in [0.2, 0.25) is 0 Å². The Kier molecular flexibility index (Phi) is 6.08. The van der Waals surface area contributed by atoms with Gasteiger partial charge in [0.1, 0.15) is 17.1 Å². The lowest BCUT2D eigenvalue weighted by molar-refractivity contribution is 0.0998. The summed E-state index contributed by atoms with van der Waals surface area (Å²) in [6, 6.07) is 3.93. The molecule has 6 nitrogen and oxygen atoms in total. The number of nitrogens with two attached hydrogens (primary N) is 1. The van der Waals surface area contributed by atoms with Crippen LogP contribution in [-0.2, 0) is 0 Å². The predicted octanol–water partition coefficient (Wildman–Crippen LogP) is 4.12. The van der Waals surface area contributed by atoms with E-state index in [0.717, 1.165) is 28.9 Å². The Morgan fingerprint density at radius 3 is 2.35 bits per heavy atom. The van der Waals surface area contributed by atoms with Crippen LogP contribution in [0.4, 0.5) is 5.69 Å². The highest BCUT2D eigenvalue weighted by Crippen LogP contribution is 2.35. The summed E-state index contributed by atoms with van der Waals surface area (Å²) >= 11 is 0. The Morgan fingerprint density at radius 1 is 1.23 bits per heavy atom. The lowest BCUT2D eigenvalue weighted by atomic mass is 10.1. The van der Waals surface area contributed by atoms with Crippen molar-refractivity contribution in [1.29, 1.82) is 0 Å². The lowest BCUT2D eigenvalue weighted by Crippen LogP contribution is -2.21. The van der Waals surface area contributed by atoms with Crippen LogP contribution in [-0.4, -0.2) is 24.0 Å².